The minimum absolute atomic E-state index is 0.0149. The molecule has 2 heterocycles. The maximum absolute atomic E-state index is 12.7. The lowest BCUT2D eigenvalue weighted by Crippen LogP contribution is -2.47. The Kier molecular flexibility index (Phi) is 6.13. The smallest absolute Gasteiger partial charge is 0.287 e. The number of nitrogens with one attached hydrogen (secondary N) is 2. The number of nitrogens with zero attached hydrogens (tertiary/aromatic N) is 1. The van der Waals surface area contributed by atoms with Gasteiger partial charge in [0.2, 0.25) is 5.91 Å². The number of furan rings is 1. The molecule has 3 rings (SSSR count). The average Bonchev–Trinajstić information content (AvgIpc) is 3.39. The average molecular weight is 383 g/mol. The zero-order valence-corrected chi connectivity index (χ0v) is 16.1. The highest BCUT2D eigenvalue weighted by atomic mass is 16.3. The normalized spacial score (nSPS) is 14.8. The predicted octanol–water partition coefficient (Wildman–Crippen LogP) is 2.91. The maximum Gasteiger partial charge on any atom is 0.287 e. The Balaban J connectivity index is 1.63. The molecule has 0 spiro atoms. The van der Waals surface area contributed by atoms with Gasteiger partial charge in [0, 0.05) is 24.3 Å². The third-order valence-corrected chi connectivity index (χ3v) is 4.77. The van der Waals surface area contributed by atoms with Crippen LogP contribution in [0.2, 0.25) is 0 Å². The van der Waals surface area contributed by atoms with Gasteiger partial charge in [0.15, 0.2) is 5.76 Å². The third kappa shape index (κ3) is 4.60. The van der Waals surface area contributed by atoms with E-state index in [1.54, 1.807) is 36.4 Å². The van der Waals surface area contributed by atoms with E-state index in [0.717, 1.165) is 25.9 Å². The quantitative estimate of drug-likeness (QED) is 0.802. The molecular weight excluding hydrogens is 358 g/mol. The molecule has 1 unspecified atom stereocenters. The van der Waals surface area contributed by atoms with E-state index in [1.165, 1.54) is 6.26 Å². The zero-order chi connectivity index (χ0) is 20.1. The third-order valence-electron chi connectivity index (χ3n) is 4.77. The number of carbonyl (C=O) groups is 3. The van der Waals surface area contributed by atoms with Gasteiger partial charge in [-0.15, -0.1) is 0 Å². The lowest BCUT2D eigenvalue weighted by atomic mass is 10.0. The van der Waals surface area contributed by atoms with Crippen molar-refractivity contribution in [1.82, 2.24) is 10.2 Å². The number of likely N-dealkylation sites (tertiary alicyclic amines) is 1. The minimum Gasteiger partial charge on any atom is -0.459 e. The van der Waals surface area contributed by atoms with Crippen LogP contribution >= 0.6 is 0 Å². The molecule has 1 aromatic carbocycles. The fourth-order valence-corrected chi connectivity index (χ4v) is 3.17. The van der Waals surface area contributed by atoms with Crippen LogP contribution in [0, 0.1) is 5.92 Å². The van der Waals surface area contributed by atoms with E-state index in [-0.39, 0.29) is 23.5 Å². The first-order valence-electron chi connectivity index (χ1n) is 9.50. The summed E-state index contributed by atoms with van der Waals surface area (Å²) in [6.45, 7) is 5.29. The largest absolute Gasteiger partial charge is 0.459 e. The van der Waals surface area contributed by atoms with Crippen molar-refractivity contribution in [3.63, 3.8) is 0 Å². The van der Waals surface area contributed by atoms with Gasteiger partial charge >= 0.3 is 0 Å². The van der Waals surface area contributed by atoms with Crippen LogP contribution in [0.5, 0.6) is 0 Å². The molecule has 1 fully saturated rings. The lowest BCUT2D eigenvalue weighted by Gasteiger charge is -2.21. The monoisotopic (exact) mass is 383 g/mol. The molecular formula is C21H25N3O4. The van der Waals surface area contributed by atoms with Gasteiger partial charge in [-0.1, -0.05) is 13.8 Å². The fourth-order valence-electron chi connectivity index (χ4n) is 3.17. The van der Waals surface area contributed by atoms with Crippen molar-refractivity contribution in [2.45, 2.75) is 32.7 Å². The molecule has 0 saturated carbocycles. The molecule has 1 aliphatic heterocycles. The molecule has 1 aromatic heterocycles. The van der Waals surface area contributed by atoms with E-state index in [0.29, 0.717) is 11.3 Å². The molecule has 7 nitrogen and oxygen atoms in total. The fraction of sp³-hybridized carbons (Fsp3) is 0.381. The van der Waals surface area contributed by atoms with E-state index in [1.807, 2.05) is 18.7 Å². The number of rotatable bonds is 6. The summed E-state index contributed by atoms with van der Waals surface area (Å²) in [6, 6.07) is 9.26. The number of hydrogen-bond acceptors (Lipinski definition) is 4. The molecule has 1 aliphatic rings. The van der Waals surface area contributed by atoms with Crippen LogP contribution in [0.3, 0.4) is 0 Å². The van der Waals surface area contributed by atoms with E-state index < -0.39 is 11.9 Å². The first-order valence-corrected chi connectivity index (χ1v) is 9.50. The summed E-state index contributed by atoms with van der Waals surface area (Å²) in [5, 5.41) is 5.50. The highest BCUT2D eigenvalue weighted by molar-refractivity contribution is 6.00. The van der Waals surface area contributed by atoms with Crippen molar-refractivity contribution < 1.29 is 18.8 Å². The Labute approximate surface area is 164 Å². The molecule has 148 valence electrons. The van der Waals surface area contributed by atoms with Crippen molar-refractivity contribution in [3.05, 3.63) is 54.0 Å². The molecule has 7 heteroatoms. The highest BCUT2D eigenvalue weighted by Crippen LogP contribution is 2.16. The van der Waals surface area contributed by atoms with Crippen molar-refractivity contribution in [2.75, 3.05) is 18.4 Å². The minimum atomic E-state index is -0.719. The Bertz CT molecular complexity index is 822. The number of hydrogen-bond donors (Lipinski definition) is 2. The second-order valence-electron chi connectivity index (χ2n) is 7.24. The maximum atomic E-state index is 12.7. The van der Waals surface area contributed by atoms with Crippen LogP contribution in [0.1, 0.15) is 47.6 Å². The molecule has 1 atom stereocenters. The molecule has 1 saturated heterocycles. The van der Waals surface area contributed by atoms with Crippen molar-refractivity contribution >= 4 is 23.4 Å². The van der Waals surface area contributed by atoms with Gasteiger partial charge in [0.1, 0.15) is 6.04 Å². The van der Waals surface area contributed by atoms with Crippen LogP contribution in [-0.2, 0) is 4.79 Å². The summed E-state index contributed by atoms with van der Waals surface area (Å²) in [4.78, 5) is 39.1. The lowest BCUT2D eigenvalue weighted by molar-refractivity contribution is -0.118. The predicted molar refractivity (Wildman–Crippen MR) is 105 cm³/mol. The second-order valence-corrected chi connectivity index (χ2v) is 7.24. The van der Waals surface area contributed by atoms with Crippen LogP contribution in [0.25, 0.3) is 0 Å². The number of amides is 3. The van der Waals surface area contributed by atoms with Gasteiger partial charge < -0.3 is 20.0 Å². The zero-order valence-electron chi connectivity index (χ0n) is 16.1. The Morgan fingerprint density at radius 2 is 1.71 bits per heavy atom. The molecule has 2 aromatic rings. The summed E-state index contributed by atoms with van der Waals surface area (Å²) < 4.78 is 5.07. The summed E-state index contributed by atoms with van der Waals surface area (Å²) in [6.07, 6.45) is 3.49. The highest BCUT2D eigenvalue weighted by Gasteiger charge is 2.26. The molecule has 28 heavy (non-hydrogen) atoms. The van der Waals surface area contributed by atoms with Crippen molar-refractivity contribution in [1.29, 1.82) is 0 Å². The van der Waals surface area contributed by atoms with Gasteiger partial charge in [-0.2, -0.15) is 0 Å². The molecule has 0 radical (unpaired) electrons. The first-order chi connectivity index (χ1) is 13.5. The molecule has 0 aliphatic carbocycles. The molecule has 0 bridgehead atoms. The summed E-state index contributed by atoms with van der Waals surface area (Å²) >= 11 is 0. The Morgan fingerprint density at radius 3 is 2.29 bits per heavy atom. The van der Waals surface area contributed by atoms with Crippen molar-refractivity contribution in [3.8, 4) is 0 Å². The SMILES string of the molecule is CC(C)C(NC(=O)c1ccco1)C(=O)Nc1ccc(C(=O)N2CCCC2)cc1. The Hall–Kier alpha value is -3.09. The van der Waals surface area contributed by atoms with Crippen molar-refractivity contribution in [2.24, 2.45) is 5.92 Å². The van der Waals surface area contributed by atoms with Gasteiger partial charge in [0.05, 0.1) is 6.26 Å². The number of benzene rings is 1. The van der Waals surface area contributed by atoms with E-state index in [2.05, 4.69) is 10.6 Å². The van der Waals surface area contributed by atoms with Crippen LogP contribution < -0.4 is 10.6 Å². The standard InChI is InChI=1S/C21H25N3O4/c1-14(2)18(23-19(25)17-6-5-13-28-17)20(26)22-16-9-7-15(8-10-16)21(27)24-11-3-4-12-24/h5-10,13-14,18H,3-4,11-12H2,1-2H3,(H,22,26)(H,23,25). The summed E-state index contributed by atoms with van der Waals surface area (Å²) in [5.41, 5.74) is 1.17. The van der Waals surface area contributed by atoms with E-state index >= 15 is 0 Å². The van der Waals surface area contributed by atoms with Gasteiger partial charge in [-0.05, 0) is 55.2 Å². The molecule has 3 amide bonds. The topological polar surface area (TPSA) is 91.6 Å². The molecule has 2 N–H and O–H groups in total. The van der Waals surface area contributed by atoms with Gasteiger partial charge in [0.25, 0.3) is 11.8 Å². The van der Waals surface area contributed by atoms with Crippen LogP contribution in [0.4, 0.5) is 5.69 Å². The summed E-state index contributed by atoms with van der Waals surface area (Å²) in [7, 11) is 0. The number of anilines is 1. The van der Waals surface area contributed by atoms with Crippen LogP contribution in [-0.4, -0.2) is 41.8 Å². The van der Waals surface area contributed by atoms with Gasteiger partial charge in [-0.25, -0.2) is 0 Å². The summed E-state index contributed by atoms with van der Waals surface area (Å²) in [5.74, 6) is -0.710. The van der Waals surface area contributed by atoms with Gasteiger partial charge in [-0.3, -0.25) is 14.4 Å². The van der Waals surface area contributed by atoms with Crippen LogP contribution in [0.15, 0.2) is 47.1 Å². The second kappa shape index (κ2) is 8.73. The van der Waals surface area contributed by atoms with E-state index in [4.69, 9.17) is 4.42 Å². The van der Waals surface area contributed by atoms with E-state index in [9.17, 15) is 14.4 Å². The number of carbonyl (C=O) groups excluding carboxylic acids is 3. The Morgan fingerprint density at radius 1 is 1.04 bits per heavy atom. The first kappa shape index (κ1) is 19.7.